The van der Waals surface area contributed by atoms with Crippen LogP contribution in [0.4, 0.5) is 0 Å². The molecular weight excluding hydrogens is 390 g/mol. The summed E-state index contributed by atoms with van der Waals surface area (Å²) in [7, 11) is 0. The summed E-state index contributed by atoms with van der Waals surface area (Å²) in [5.74, 6) is -1.62. The van der Waals surface area contributed by atoms with Gasteiger partial charge in [0.15, 0.2) is 5.92 Å². The van der Waals surface area contributed by atoms with Crippen LogP contribution in [-0.2, 0) is 27.3 Å². The highest BCUT2D eigenvalue weighted by atomic mass is 35.5. The van der Waals surface area contributed by atoms with E-state index < -0.39 is 23.8 Å². The third kappa shape index (κ3) is 3.85. The van der Waals surface area contributed by atoms with E-state index in [9.17, 15) is 9.59 Å². The molecule has 2 atom stereocenters. The molecule has 2 aromatic carbocycles. The molecule has 4 rings (SSSR count). The van der Waals surface area contributed by atoms with Crippen molar-refractivity contribution in [2.75, 3.05) is 13.2 Å². The molecule has 0 aliphatic carbocycles. The molecule has 2 aliphatic rings. The minimum atomic E-state index is -1.07. The molecule has 2 aliphatic heterocycles. The summed E-state index contributed by atoms with van der Waals surface area (Å²) in [5, 5.41) is 3.28. The monoisotopic (exact) mass is 411 g/mol. The Morgan fingerprint density at radius 2 is 1.93 bits per heavy atom. The lowest BCUT2D eigenvalue weighted by Gasteiger charge is -2.36. The van der Waals surface area contributed by atoms with Gasteiger partial charge in [0.25, 0.3) is 0 Å². The quantitative estimate of drug-likeness (QED) is 0.622. The number of carbonyl (C=O) groups excluding carboxylic acids is 2. The molecule has 0 spiro atoms. The van der Waals surface area contributed by atoms with Crippen LogP contribution in [0.1, 0.15) is 29.7 Å². The zero-order valence-electron chi connectivity index (χ0n) is 16.1. The first kappa shape index (κ1) is 19.5. The molecule has 0 unspecified atom stereocenters. The lowest BCUT2D eigenvalue weighted by Crippen LogP contribution is -2.53. The second kappa shape index (κ2) is 8.25. The summed E-state index contributed by atoms with van der Waals surface area (Å²) in [6.45, 7) is 3.28. The number of rotatable bonds is 3. The highest BCUT2D eigenvalue weighted by molar-refractivity contribution is 6.31. The predicted molar refractivity (Wildman–Crippen MR) is 110 cm³/mol. The molecule has 1 amide bonds. The zero-order valence-corrected chi connectivity index (χ0v) is 16.9. The topological polar surface area (TPSA) is 71.0 Å². The maximum Gasteiger partial charge on any atom is 0.321 e. The minimum Gasteiger partial charge on any atom is -0.465 e. The molecule has 150 valence electrons. The van der Waals surface area contributed by atoms with E-state index >= 15 is 0 Å². The number of aliphatic imine (C=N–C) groups is 1. The van der Waals surface area contributed by atoms with Gasteiger partial charge in [0.2, 0.25) is 11.9 Å². The van der Waals surface area contributed by atoms with Crippen molar-refractivity contribution in [1.82, 2.24) is 10.2 Å². The third-order valence-electron chi connectivity index (χ3n) is 5.29. The normalized spacial score (nSPS) is 21.1. The number of hydrogen-bond acceptors (Lipinski definition) is 5. The second-order valence-corrected chi connectivity index (χ2v) is 7.49. The number of esters is 1. The van der Waals surface area contributed by atoms with Gasteiger partial charge in [-0.25, -0.2) is 4.99 Å². The second-order valence-electron chi connectivity index (χ2n) is 7.08. The van der Waals surface area contributed by atoms with Gasteiger partial charge >= 0.3 is 5.97 Å². The van der Waals surface area contributed by atoms with Crippen LogP contribution in [-0.4, -0.2) is 35.9 Å². The van der Waals surface area contributed by atoms with Crippen LogP contribution in [0.2, 0.25) is 5.02 Å². The number of amides is 1. The Labute approximate surface area is 174 Å². The summed E-state index contributed by atoms with van der Waals surface area (Å²) < 4.78 is 5.14. The molecule has 29 heavy (non-hydrogen) atoms. The molecular formula is C22H22ClN3O3. The molecule has 0 saturated carbocycles. The van der Waals surface area contributed by atoms with E-state index in [0.717, 1.165) is 13.0 Å². The maximum atomic E-state index is 12.9. The standard InChI is InChI=1S/C22H22ClN3O3/c1-2-29-21(28)18-19(16-9-5-6-10-17(16)23)24-22(25-20(18)27)26-12-11-14-7-3-4-8-15(14)13-26/h3-10,18-19H,2,11-13H2,1H3,(H,24,25,27)/t18-,19-/m0/s1. The molecule has 0 aromatic heterocycles. The van der Waals surface area contributed by atoms with Gasteiger partial charge in [0.05, 0.1) is 6.61 Å². The fourth-order valence-electron chi connectivity index (χ4n) is 3.84. The van der Waals surface area contributed by atoms with Crippen molar-refractivity contribution in [3.05, 3.63) is 70.2 Å². The maximum absolute atomic E-state index is 12.9. The number of nitrogens with zero attached hydrogens (tertiary/aromatic N) is 2. The number of nitrogens with one attached hydrogen (secondary N) is 1. The van der Waals surface area contributed by atoms with Crippen LogP contribution >= 0.6 is 11.6 Å². The molecule has 0 saturated heterocycles. The molecule has 6 nitrogen and oxygen atoms in total. The first-order chi connectivity index (χ1) is 14.1. The van der Waals surface area contributed by atoms with Crippen molar-refractivity contribution in [2.45, 2.75) is 25.9 Å². The van der Waals surface area contributed by atoms with Gasteiger partial charge in [0.1, 0.15) is 6.04 Å². The van der Waals surface area contributed by atoms with E-state index in [4.69, 9.17) is 21.3 Å². The van der Waals surface area contributed by atoms with E-state index in [0.29, 0.717) is 23.1 Å². The van der Waals surface area contributed by atoms with E-state index in [-0.39, 0.29) is 6.61 Å². The molecule has 7 heteroatoms. The Morgan fingerprint density at radius 1 is 1.21 bits per heavy atom. The van der Waals surface area contributed by atoms with Crippen molar-refractivity contribution >= 4 is 29.4 Å². The number of hydrogen-bond donors (Lipinski definition) is 1. The molecule has 2 heterocycles. The van der Waals surface area contributed by atoms with Crippen molar-refractivity contribution < 1.29 is 14.3 Å². The van der Waals surface area contributed by atoms with Crippen LogP contribution < -0.4 is 5.32 Å². The van der Waals surface area contributed by atoms with E-state index in [1.54, 1.807) is 25.1 Å². The Bertz CT molecular complexity index is 975. The van der Waals surface area contributed by atoms with Gasteiger partial charge in [-0.15, -0.1) is 0 Å². The number of guanidine groups is 1. The first-order valence-corrected chi connectivity index (χ1v) is 10.1. The Balaban J connectivity index is 1.70. The molecule has 2 aromatic rings. The summed E-state index contributed by atoms with van der Waals surface area (Å²) in [4.78, 5) is 32.3. The van der Waals surface area contributed by atoms with Crippen molar-refractivity contribution in [2.24, 2.45) is 10.9 Å². The number of fused-ring (bicyclic) bond motifs is 1. The molecule has 0 radical (unpaired) electrons. The highest BCUT2D eigenvalue weighted by Gasteiger charge is 2.42. The van der Waals surface area contributed by atoms with Gasteiger partial charge in [-0.1, -0.05) is 54.1 Å². The van der Waals surface area contributed by atoms with Crippen LogP contribution in [0.5, 0.6) is 0 Å². The Morgan fingerprint density at radius 3 is 2.69 bits per heavy atom. The largest absolute Gasteiger partial charge is 0.465 e. The number of ether oxygens (including phenoxy) is 1. The average molecular weight is 412 g/mol. The lowest BCUT2D eigenvalue weighted by atomic mass is 9.91. The van der Waals surface area contributed by atoms with Crippen molar-refractivity contribution in [3.63, 3.8) is 0 Å². The Hall–Kier alpha value is -2.86. The predicted octanol–water partition coefficient (Wildman–Crippen LogP) is 3.10. The zero-order chi connectivity index (χ0) is 20.4. The van der Waals surface area contributed by atoms with E-state index in [2.05, 4.69) is 17.4 Å². The van der Waals surface area contributed by atoms with Crippen LogP contribution in [0.15, 0.2) is 53.5 Å². The van der Waals surface area contributed by atoms with Gasteiger partial charge in [-0.05, 0) is 36.1 Å². The van der Waals surface area contributed by atoms with Crippen LogP contribution in [0.25, 0.3) is 0 Å². The first-order valence-electron chi connectivity index (χ1n) is 9.70. The van der Waals surface area contributed by atoms with Crippen molar-refractivity contribution in [3.8, 4) is 0 Å². The molecule has 0 bridgehead atoms. The summed E-state index contributed by atoms with van der Waals surface area (Å²) in [6, 6.07) is 14.7. The van der Waals surface area contributed by atoms with Gasteiger partial charge in [-0.3, -0.25) is 14.9 Å². The average Bonchev–Trinajstić information content (AvgIpc) is 2.73. The van der Waals surface area contributed by atoms with Crippen LogP contribution in [0.3, 0.4) is 0 Å². The summed E-state index contributed by atoms with van der Waals surface area (Å²) in [6.07, 6.45) is 0.864. The molecule has 1 N–H and O–H groups in total. The number of benzene rings is 2. The molecule has 0 fully saturated rings. The fraction of sp³-hybridized carbons (Fsp3) is 0.318. The van der Waals surface area contributed by atoms with Gasteiger partial charge in [-0.2, -0.15) is 0 Å². The fourth-order valence-corrected chi connectivity index (χ4v) is 4.09. The van der Waals surface area contributed by atoms with Gasteiger partial charge < -0.3 is 9.64 Å². The summed E-state index contributed by atoms with van der Waals surface area (Å²) in [5.41, 5.74) is 3.15. The third-order valence-corrected chi connectivity index (χ3v) is 5.63. The summed E-state index contributed by atoms with van der Waals surface area (Å²) >= 11 is 6.39. The number of halogens is 1. The van der Waals surface area contributed by atoms with E-state index in [1.165, 1.54) is 11.1 Å². The smallest absolute Gasteiger partial charge is 0.321 e. The van der Waals surface area contributed by atoms with E-state index in [1.807, 2.05) is 23.1 Å². The van der Waals surface area contributed by atoms with Crippen molar-refractivity contribution in [1.29, 1.82) is 0 Å². The lowest BCUT2D eigenvalue weighted by molar-refractivity contribution is -0.153. The SMILES string of the molecule is CCOC(=O)[C@@H]1C(=O)NC(N2CCc3ccccc3C2)=N[C@H]1c1ccccc1Cl. The van der Waals surface area contributed by atoms with Crippen LogP contribution in [0, 0.1) is 5.92 Å². The minimum absolute atomic E-state index is 0.192. The highest BCUT2D eigenvalue weighted by Crippen LogP contribution is 2.35. The van der Waals surface area contributed by atoms with Gasteiger partial charge in [0, 0.05) is 18.1 Å². The number of carbonyl (C=O) groups is 2. The Kier molecular flexibility index (Phi) is 5.53.